The van der Waals surface area contributed by atoms with Crippen molar-refractivity contribution >= 4 is 23.5 Å². The Kier molecular flexibility index (Phi) is 14.3. The molecule has 0 aromatic rings. The molecule has 6 nitrogen and oxygen atoms in total. The molecule has 0 aliphatic carbocycles. The van der Waals surface area contributed by atoms with Crippen molar-refractivity contribution < 1.29 is 46.5 Å². The van der Waals surface area contributed by atoms with Gasteiger partial charge in [-0.3, -0.25) is 9.59 Å². The van der Waals surface area contributed by atoms with Crippen LogP contribution in [-0.2, 0) is 36.2 Å². The topological polar surface area (TPSA) is 114 Å². The van der Waals surface area contributed by atoms with Crippen LogP contribution in [0.2, 0.25) is 0 Å². The predicted molar refractivity (Wildman–Crippen MR) is 58.9 cm³/mol. The van der Waals surface area contributed by atoms with Gasteiger partial charge in [0.05, 0.1) is 23.8 Å². The van der Waals surface area contributed by atoms with Gasteiger partial charge in [0.15, 0.2) is 0 Å². The van der Waals surface area contributed by atoms with Crippen LogP contribution < -0.4 is 10.2 Å². The van der Waals surface area contributed by atoms with Crippen LogP contribution in [-0.4, -0.2) is 23.5 Å². The number of hydrogen-bond acceptors (Lipinski definition) is 6. The van der Waals surface area contributed by atoms with E-state index in [9.17, 15) is 29.4 Å². The normalized spacial score (nSPS) is 12.0. The minimum absolute atomic E-state index is 0. The quantitative estimate of drug-likeness (QED) is 0.445. The molecular weight excluding hydrogens is 295 g/mol. The number of carbonyl (C=O) groups is 4. The van der Waals surface area contributed by atoms with E-state index in [-0.39, 0.29) is 28.6 Å². The van der Waals surface area contributed by atoms with E-state index < -0.39 is 23.8 Å². The number of carboxylic acids is 2. The number of ketones is 2. The van der Waals surface area contributed by atoms with Gasteiger partial charge in [-0.25, -0.2) is 0 Å². The largest absolute Gasteiger partial charge is 2.00 e. The van der Waals surface area contributed by atoms with Crippen molar-refractivity contribution in [1.82, 2.24) is 0 Å². The maximum atomic E-state index is 10.4. The van der Waals surface area contributed by atoms with Crippen LogP contribution in [0.25, 0.3) is 0 Å². The molecule has 1 radical (unpaired) electrons. The minimum Gasteiger partial charge on any atom is -0.549 e. The first-order chi connectivity index (χ1) is 8.18. The van der Waals surface area contributed by atoms with Crippen LogP contribution in [0.5, 0.6) is 0 Å². The van der Waals surface area contributed by atoms with E-state index in [1.165, 1.54) is 13.8 Å². The summed E-state index contributed by atoms with van der Waals surface area (Å²) in [6.45, 7) is 5.79. The number of carbonyl (C=O) groups excluding carboxylic acids is 4. The Morgan fingerprint density at radius 3 is 1.00 bits per heavy atom. The summed E-state index contributed by atoms with van der Waals surface area (Å²) >= 11 is 0. The second-order valence-electron chi connectivity index (χ2n) is 3.78. The van der Waals surface area contributed by atoms with Crippen molar-refractivity contribution in [1.29, 1.82) is 0 Å². The van der Waals surface area contributed by atoms with Crippen LogP contribution in [0, 0.1) is 11.8 Å². The zero-order valence-corrected chi connectivity index (χ0v) is 12.6. The first kappa shape index (κ1) is 22.9. The van der Waals surface area contributed by atoms with Gasteiger partial charge in [-0.05, 0) is 26.7 Å². The van der Waals surface area contributed by atoms with Gasteiger partial charge in [0.1, 0.15) is 11.6 Å². The smallest absolute Gasteiger partial charge is 0.549 e. The molecule has 0 aliphatic rings. The third-order valence-corrected chi connectivity index (χ3v) is 2.37. The summed E-state index contributed by atoms with van der Waals surface area (Å²) in [5, 5.41) is 20.1. The molecule has 2 atom stereocenters. The third-order valence-electron chi connectivity index (χ3n) is 2.37. The Balaban J connectivity index is -0.000000256. The van der Waals surface area contributed by atoms with Gasteiger partial charge >= 0.3 is 17.1 Å². The molecule has 0 saturated heterocycles. The SMILES string of the molecule is CCC(C(C)=O)C(=O)[O-].CCC(C(C)=O)C(=O)[O-].[Mn+2]. The fraction of sp³-hybridized carbons (Fsp3) is 0.667. The summed E-state index contributed by atoms with van der Waals surface area (Å²) < 4.78 is 0. The molecule has 109 valence electrons. The second-order valence-corrected chi connectivity index (χ2v) is 3.78. The van der Waals surface area contributed by atoms with Crippen molar-refractivity contribution in [2.45, 2.75) is 40.5 Å². The van der Waals surface area contributed by atoms with E-state index in [1.807, 2.05) is 0 Å². The molecule has 0 spiro atoms. The predicted octanol–water partition coefficient (Wildman–Crippen LogP) is -1.30. The number of rotatable bonds is 6. The van der Waals surface area contributed by atoms with Gasteiger partial charge in [0.2, 0.25) is 0 Å². The Bertz CT molecular complexity index is 266. The molecule has 0 bridgehead atoms. The van der Waals surface area contributed by atoms with Crippen LogP contribution in [0.15, 0.2) is 0 Å². The maximum absolute atomic E-state index is 10.4. The van der Waals surface area contributed by atoms with Crippen LogP contribution in [0.3, 0.4) is 0 Å². The van der Waals surface area contributed by atoms with Crippen molar-refractivity contribution in [3.8, 4) is 0 Å². The zero-order chi connectivity index (χ0) is 14.9. The first-order valence-corrected chi connectivity index (χ1v) is 5.61. The van der Waals surface area contributed by atoms with Crippen LogP contribution in [0.4, 0.5) is 0 Å². The average Bonchev–Trinajstić information content (AvgIpc) is 2.17. The molecule has 0 N–H and O–H groups in total. The number of carboxylic acid groups (broad SMARTS) is 2. The maximum Gasteiger partial charge on any atom is 2.00 e. The summed E-state index contributed by atoms with van der Waals surface area (Å²) in [6, 6.07) is 0. The van der Waals surface area contributed by atoms with E-state index in [1.54, 1.807) is 13.8 Å². The van der Waals surface area contributed by atoms with Crippen molar-refractivity contribution in [2.75, 3.05) is 0 Å². The summed E-state index contributed by atoms with van der Waals surface area (Å²) in [4.78, 5) is 40.9. The third kappa shape index (κ3) is 10.4. The standard InChI is InChI=1S/2C6H10O3.Mn/c2*1-3-5(4(2)7)6(8)9;/h2*5H,3H2,1-2H3,(H,8,9);/q;;+2/p-2. The fourth-order valence-electron chi connectivity index (χ4n) is 1.24. The molecule has 7 heteroatoms. The molecule has 0 aromatic carbocycles. The number of hydrogen-bond donors (Lipinski definition) is 0. The molecular formula is C12H18MnO6. The van der Waals surface area contributed by atoms with Gasteiger partial charge in [-0.2, -0.15) is 0 Å². The van der Waals surface area contributed by atoms with Gasteiger partial charge in [-0.15, -0.1) is 0 Å². The molecule has 0 heterocycles. The molecule has 0 fully saturated rings. The monoisotopic (exact) mass is 313 g/mol. The van der Waals surface area contributed by atoms with E-state index in [0.29, 0.717) is 12.8 Å². The van der Waals surface area contributed by atoms with Crippen molar-refractivity contribution in [3.63, 3.8) is 0 Å². The van der Waals surface area contributed by atoms with E-state index >= 15 is 0 Å². The average molecular weight is 313 g/mol. The first-order valence-electron chi connectivity index (χ1n) is 5.61. The summed E-state index contributed by atoms with van der Waals surface area (Å²) in [7, 11) is 0. The summed E-state index contributed by atoms with van der Waals surface area (Å²) in [5.74, 6) is -5.04. The van der Waals surface area contributed by atoms with Gasteiger partial charge in [0, 0.05) is 0 Å². The Morgan fingerprint density at radius 1 is 0.789 bits per heavy atom. The molecule has 2 unspecified atom stereocenters. The Morgan fingerprint density at radius 2 is 1.00 bits per heavy atom. The van der Waals surface area contributed by atoms with Crippen molar-refractivity contribution in [3.05, 3.63) is 0 Å². The van der Waals surface area contributed by atoms with Gasteiger partial charge in [-0.1, -0.05) is 13.8 Å². The van der Waals surface area contributed by atoms with E-state index in [4.69, 9.17) is 0 Å². The minimum atomic E-state index is -1.27. The second kappa shape index (κ2) is 11.9. The van der Waals surface area contributed by atoms with Crippen molar-refractivity contribution in [2.24, 2.45) is 11.8 Å². The van der Waals surface area contributed by atoms with Crippen LogP contribution in [0.1, 0.15) is 40.5 Å². The zero-order valence-electron chi connectivity index (χ0n) is 11.4. The molecule has 0 aromatic heterocycles. The fourth-order valence-corrected chi connectivity index (χ4v) is 1.24. The summed E-state index contributed by atoms with van der Waals surface area (Å²) in [6.07, 6.45) is 0.634. The van der Waals surface area contributed by atoms with Gasteiger partial charge in [0.25, 0.3) is 0 Å². The summed E-state index contributed by atoms with van der Waals surface area (Å²) in [5.41, 5.74) is 0. The Hall–Kier alpha value is -1.20. The van der Waals surface area contributed by atoms with Gasteiger partial charge < -0.3 is 19.8 Å². The number of Topliss-reactive ketones (excluding diaryl/α,β-unsaturated/α-hetero) is 2. The molecule has 0 saturated carbocycles. The number of aliphatic carboxylic acids is 2. The molecule has 19 heavy (non-hydrogen) atoms. The van der Waals surface area contributed by atoms with Crippen LogP contribution >= 0.6 is 0 Å². The molecule has 0 rings (SSSR count). The molecule has 0 amide bonds. The van der Waals surface area contributed by atoms with E-state index in [2.05, 4.69) is 0 Å². The van der Waals surface area contributed by atoms with E-state index in [0.717, 1.165) is 0 Å². The molecule has 0 aliphatic heterocycles. The Labute approximate surface area is 123 Å².